The summed E-state index contributed by atoms with van der Waals surface area (Å²) in [7, 11) is 0. The number of hydrogen-bond donors (Lipinski definition) is 2. The Morgan fingerprint density at radius 1 is 0.833 bits per heavy atom. The Morgan fingerprint density at radius 2 is 1.47 bits per heavy atom. The van der Waals surface area contributed by atoms with Crippen LogP contribution in [0.5, 0.6) is 0 Å². The van der Waals surface area contributed by atoms with E-state index in [9.17, 15) is 4.79 Å². The molecular weight excluding hydrogens is 370 g/mol. The zero-order valence-electron chi connectivity index (χ0n) is 16.9. The lowest BCUT2D eigenvalue weighted by atomic mass is 9.95. The number of aromatic amines is 1. The maximum Gasteiger partial charge on any atom is 0.226 e. The van der Waals surface area contributed by atoms with Gasteiger partial charge in [0.25, 0.3) is 0 Å². The Kier molecular flexibility index (Phi) is 5.08. The average Bonchev–Trinajstić information content (AvgIpc) is 3.25. The molecule has 1 aromatic heterocycles. The van der Waals surface area contributed by atoms with E-state index in [1.165, 1.54) is 10.6 Å². The van der Waals surface area contributed by atoms with Crippen LogP contribution in [0.3, 0.4) is 0 Å². The van der Waals surface area contributed by atoms with Crippen LogP contribution in [0.2, 0.25) is 0 Å². The van der Waals surface area contributed by atoms with Crippen LogP contribution < -0.4 is 9.80 Å². The van der Waals surface area contributed by atoms with Crippen LogP contribution in [-0.2, 0) is 0 Å². The Labute approximate surface area is 176 Å². The summed E-state index contributed by atoms with van der Waals surface area (Å²) in [5, 5.41) is 1.01. The van der Waals surface area contributed by atoms with Crippen molar-refractivity contribution in [2.75, 3.05) is 31.1 Å². The molecule has 2 heterocycles. The first-order chi connectivity index (χ1) is 14.8. The molecule has 5 rings (SSSR count). The van der Waals surface area contributed by atoms with Crippen molar-refractivity contribution >= 4 is 22.4 Å². The van der Waals surface area contributed by atoms with Crippen LogP contribution in [0.1, 0.15) is 22.0 Å². The first-order valence-electron chi connectivity index (χ1n) is 10.6. The van der Waals surface area contributed by atoms with Gasteiger partial charge in [0, 0.05) is 33.9 Å². The summed E-state index contributed by atoms with van der Waals surface area (Å²) >= 11 is 0. The summed E-state index contributed by atoms with van der Waals surface area (Å²) in [4.78, 5) is 20.8. The second-order valence-corrected chi connectivity index (χ2v) is 7.94. The lowest BCUT2D eigenvalue weighted by Crippen LogP contribution is -3.15. The SMILES string of the molecule is O=C(c1c[nH]c2ccccc12)[C@@H](c1ccccc1)[NH+]1CCN(c2ccccc2)CC1. The van der Waals surface area contributed by atoms with Gasteiger partial charge in [0.2, 0.25) is 5.78 Å². The zero-order chi connectivity index (χ0) is 20.3. The molecule has 0 spiro atoms. The molecule has 0 unspecified atom stereocenters. The number of aromatic nitrogens is 1. The van der Waals surface area contributed by atoms with E-state index in [0.29, 0.717) is 0 Å². The van der Waals surface area contributed by atoms with E-state index in [2.05, 4.69) is 52.3 Å². The van der Waals surface area contributed by atoms with Crippen molar-refractivity contribution in [3.8, 4) is 0 Å². The molecule has 0 bridgehead atoms. The number of anilines is 1. The highest BCUT2D eigenvalue weighted by Crippen LogP contribution is 2.24. The quantitative estimate of drug-likeness (QED) is 0.507. The van der Waals surface area contributed by atoms with Gasteiger partial charge in [0.05, 0.1) is 26.2 Å². The second-order valence-electron chi connectivity index (χ2n) is 7.94. The Morgan fingerprint density at radius 3 is 2.20 bits per heavy atom. The molecule has 4 aromatic rings. The predicted octanol–water partition coefficient (Wildman–Crippen LogP) is 3.50. The lowest BCUT2D eigenvalue weighted by Gasteiger charge is -2.37. The van der Waals surface area contributed by atoms with E-state index >= 15 is 0 Å². The summed E-state index contributed by atoms with van der Waals surface area (Å²) in [5.41, 5.74) is 4.15. The normalized spacial score (nSPS) is 15.9. The van der Waals surface area contributed by atoms with Crippen molar-refractivity contribution in [3.05, 3.63) is 102 Å². The highest BCUT2D eigenvalue weighted by Gasteiger charge is 2.35. The van der Waals surface area contributed by atoms with Crippen molar-refractivity contribution in [2.45, 2.75) is 6.04 Å². The maximum atomic E-state index is 13.8. The van der Waals surface area contributed by atoms with Gasteiger partial charge in [-0.2, -0.15) is 0 Å². The third-order valence-electron chi connectivity index (χ3n) is 6.19. The average molecular weight is 397 g/mol. The van der Waals surface area contributed by atoms with Crippen LogP contribution in [-0.4, -0.2) is 36.9 Å². The molecule has 0 amide bonds. The van der Waals surface area contributed by atoms with Gasteiger partial charge in [-0.25, -0.2) is 0 Å². The molecule has 2 N–H and O–H groups in total. The smallest absolute Gasteiger partial charge is 0.226 e. The summed E-state index contributed by atoms with van der Waals surface area (Å²) in [6.07, 6.45) is 1.88. The number of benzene rings is 3. The molecular formula is C26H26N3O+. The van der Waals surface area contributed by atoms with Crippen LogP contribution in [0.15, 0.2) is 91.1 Å². The van der Waals surface area contributed by atoms with E-state index in [-0.39, 0.29) is 11.8 Å². The lowest BCUT2D eigenvalue weighted by molar-refractivity contribution is -0.921. The molecule has 3 aromatic carbocycles. The van der Waals surface area contributed by atoms with Crippen LogP contribution in [0.4, 0.5) is 5.69 Å². The van der Waals surface area contributed by atoms with Gasteiger partial charge >= 0.3 is 0 Å². The fourth-order valence-electron chi connectivity index (χ4n) is 4.63. The largest absolute Gasteiger partial charge is 0.360 e. The van der Waals surface area contributed by atoms with Crippen molar-refractivity contribution in [1.82, 2.24) is 4.98 Å². The number of carbonyl (C=O) groups excluding carboxylic acids is 1. The molecule has 1 atom stereocenters. The van der Waals surface area contributed by atoms with Gasteiger partial charge in [0.1, 0.15) is 0 Å². The Hall–Kier alpha value is -3.37. The minimum atomic E-state index is -0.191. The molecule has 30 heavy (non-hydrogen) atoms. The van der Waals surface area contributed by atoms with Crippen LogP contribution in [0.25, 0.3) is 10.9 Å². The summed E-state index contributed by atoms with van der Waals surface area (Å²) in [6.45, 7) is 3.76. The monoisotopic (exact) mass is 396 g/mol. The number of nitrogens with zero attached hydrogens (tertiary/aromatic N) is 1. The summed E-state index contributed by atoms with van der Waals surface area (Å²) in [5.74, 6) is 0.196. The van der Waals surface area contributed by atoms with Gasteiger partial charge in [0.15, 0.2) is 6.04 Å². The molecule has 4 heteroatoms. The van der Waals surface area contributed by atoms with Crippen molar-refractivity contribution in [1.29, 1.82) is 0 Å². The molecule has 0 saturated carbocycles. The van der Waals surface area contributed by atoms with Gasteiger partial charge < -0.3 is 14.8 Å². The van der Waals surface area contributed by atoms with Crippen molar-refractivity contribution in [3.63, 3.8) is 0 Å². The molecule has 0 radical (unpaired) electrons. The number of ketones is 1. The third kappa shape index (κ3) is 3.51. The first-order valence-corrected chi connectivity index (χ1v) is 10.6. The highest BCUT2D eigenvalue weighted by atomic mass is 16.1. The summed E-state index contributed by atoms with van der Waals surface area (Å²) < 4.78 is 0. The maximum absolute atomic E-state index is 13.8. The van der Waals surface area contributed by atoms with Crippen LogP contribution in [0, 0.1) is 0 Å². The topological polar surface area (TPSA) is 40.5 Å². The first kappa shape index (κ1) is 18.6. The van der Waals surface area contributed by atoms with E-state index < -0.39 is 0 Å². The number of fused-ring (bicyclic) bond motifs is 1. The molecule has 1 aliphatic heterocycles. The minimum absolute atomic E-state index is 0.191. The second kappa shape index (κ2) is 8.17. The molecule has 1 fully saturated rings. The van der Waals surface area contributed by atoms with E-state index in [1.54, 1.807) is 0 Å². The third-order valence-corrected chi connectivity index (χ3v) is 6.19. The van der Waals surface area contributed by atoms with E-state index in [1.807, 2.05) is 48.7 Å². The fraction of sp³-hybridized carbons (Fsp3) is 0.192. The van der Waals surface area contributed by atoms with Crippen molar-refractivity contribution in [2.24, 2.45) is 0 Å². The number of quaternary nitrogens is 1. The molecule has 1 saturated heterocycles. The van der Waals surface area contributed by atoms with E-state index in [4.69, 9.17) is 0 Å². The predicted molar refractivity (Wildman–Crippen MR) is 121 cm³/mol. The fourth-order valence-corrected chi connectivity index (χ4v) is 4.63. The number of carbonyl (C=O) groups is 1. The summed E-state index contributed by atoms with van der Waals surface area (Å²) in [6, 6.07) is 28.7. The minimum Gasteiger partial charge on any atom is -0.360 e. The highest BCUT2D eigenvalue weighted by molar-refractivity contribution is 6.10. The number of Topliss-reactive ketones (excluding diaryl/α,β-unsaturated/α-hetero) is 1. The number of hydrogen-bond acceptors (Lipinski definition) is 2. The number of H-pyrrole nitrogens is 1. The molecule has 1 aliphatic rings. The zero-order valence-corrected chi connectivity index (χ0v) is 16.9. The molecule has 4 nitrogen and oxygen atoms in total. The van der Waals surface area contributed by atoms with Gasteiger partial charge in [-0.15, -0.1) is 0 Å². The van der Waals surface area contributed by atoms with Crippen LogP contribution >= 0.6 is 0 Å². The van der Waals surface area contributed by atoms with Gasteiger partial charge in [-0.1, -0.05) is 66.7 Å². The molecule has 0 aliphatic carbocycles. The van der Waals surface area contributed by atoms with Gasteiger partial charge in [-0.3, -0.25) is 4.79 Å². The Bertz CT molecular complexity index is 1130. The Balaban J connectivity index is 1.44. The number of piperazine rings is 1. The number of nitrogens with one attached hydrogen (secondary N) is 2. The standard InChI is InChI=1S/C26H25N3O/c30-26(23-19-27-24-14-8-7-13-22(23)24)25(20-9-3-1-4-10-20)29-17-15-28(16-18-29)21-11-5-2-6-12-21/h1-14,19,25,27H,15-18H2/p+1/t25-/m1/s1. The molecule has 150 valence electrons. The van der Waals surface area contributed by atoms with E-state index in [0.717, 1.165) is 48.2 Å². The number of rotatable bonds is 5. The van der Waals surface area contributed by atoms with Gasteiger partial charge in [-0.05, 0) is 18.2 Å². The number of para-hydroxylation sites is 2. The van der Waals surface area contributed by atoms with Crippen molar-refractivity contribution < 1.29 is 9.69 Å².